The first-order chi connectivity index (χ1) is 12.7. The third-order valence-corrected chi connectivity index (χ3v) is 4.24. The summed E-state index contributed by atoms with van der Waals surface area (Å²) in [6, 6.07) is 10.7. The van der Waals surface area contributed by atoms with E-state index in [9.17, 15) is 18.0 Å². The molecule has 27 heavy (non-hydrogen) atoms. The molecule has 0 saturated heterocycles. The van der Waals surface area contributed by atoms with Gasteiger partial charge in [0.05, 0.1) is 12.1 Å². The Hall–Kier alpha value is -2.41. The summed E-state index contributed by atoms with van der Waals surface area (Å²) in [5.41, 5.74) is 0.502. The first-order valence-electron chi connectivity index (χ1n) is 8.50. The predicted molar refractivity (Wildman–Crippen MR) is 104 cm³/mol. The summed E-state index contributed by atoms with van der Waals surface area (Å²) in [5, 5.41) is 5.15. The molecule has 0 spiro atoms. The third-order valence-electron chi connectivity index (χ3n) is 4.01. The van der Waals surface area contributed by atoms with Crippen molar-refractivity contribution in [1.82, 2.24) is 0 Å². The Labute approximate surface area is 161 Å². The van der Waals surface area contributed by atoms with E-state index in [0.29, 0.717) is 5.69 Å². The topological polar surface area (TPSA) is 44.4 Å². The van der Waals surface area contributed by atoms with Crippen molar-refractivity contribution in [3.8, 4) is 0 Å². The van der Waals surface area contributed by atoms with Gasteiger partial charge in [0.1, 0.15) is 0 Å². The van der Waals surface area contributed by atoms with E-state index in [-0.39, 0.29) is 17.3 Å². The van der Waals surface area contributed by atoms with Gasteiger partial charge in [0, 0.05) is 35.2 Å². The monoisotopic (exact) mass is 399 g/mol. The van der Waals surface area contributed by atoms with Gasteiger partial charge in [-0.25, -0.2) is 0 Å². The summed E-state index contributed by atoms with van der Waals surface area (Å²) in [4.78, 5) is 14.2. The molecule has 0 radical (unpaired) electrons. The molecule has 2 N–H and O–H groups in total. The molecule has 2 rings (SSSR count). The summed E-state index contributed by atoms with van der Waals surface area (Å²) in [7, 11) is 0. The third kappa shape index (κ3) is 5.79. The lowest BCUT2D eigenvalue weighted by Crippen LogP contribution is -2.23. The van der Waals surface area contributed by atoms with E-state index < -0.39 is 17.6 Å². The minimum atomic E-state index is -4.57. The average Bonchev–Trinajstić information content (AvgIpc) is 2.62. The largest absolute Gasteiger partial charge is 0.418 e. The smallest absolute Gasteiger partial charge is 0.376 e. The molecule has 146 valence electrons. The summed E-state index contributed by atoms with van der Waals surface area (Å²) >= 11 is 5.64. The molecule has 0 unspecified atom stereocenters. The number of alkyl halides is 3. The molecule has 0 bridgehead atoms. The van der Waals surface area contributed by atoms with Crippen LogP contribution in [0.4, 0.5) is 30.2 Å². The van der Waals surface area contributed by atoms with Crippen LogP contribution in [0.1, 0.15) is 19.4 Å². The Balaban J connectivity index is 1.99. The molecule has 0 heterocycles. The second-order valence-corrected chi connectivity index (χ2v) is 6.24. The second kappa shape index (κ2) is 8.99. The van der Waals surface area contributed by atoms with Crippen LogP contribution in [0.15, 0.2) is 42.5 Å². The molecule has 8 heteroatoms. The quantitative estimate of drug-likeness (QED) is 0.667. The highest BCUT2D eigenvalue weighted by Gasteiger charge is 2.33. The number of amides is 1. The van der Waals surface area contributed by atoms with Crippen LogP contribution in [-0.4, -0.2) is 25.5 Å². The lowest BCUT2D eigenvalue weighted by molar-refractivity contribution is -0.137. The van der Waals surface area contributed by atoms with Gasteiger partial charge in [-0.1, -0.05) is 11.6 Å². The normalized spacial score (nSPS) is 11.2. The number of hydrogen-bond acceptors (Lipinski definition) is 3. The summed E-state index contributed by atoms with van der Waals surface area (Å²) in [6.07, 6.45) is -4.57. The molecule has 0 saturated carbocycles. The van der Waals surface area contributed by atoms with Crippen molar-refractivity contribution >= 4 is 34.6 Å². The number of carbonyl (C=O) groups is 1. The van der Waals surface area contributed by atoms with Crippen LogP contribution >= 0.6 is 11.6 Å². The van der Waals surface area contributed by atoms with Crippen molar-refractivity contribution < 1.29 is 18.0 Å². The van der Waals surface area contributed by atoms with Crippen LogP contribution in [0.5, 0.6) is 0 Å². The number of rotatable bonds is 7. The number of halogens is 4. The van der Waals surface area contributed by atoms with Crippen LogP contribution in [0.25, 0.3) is 0 Å². The summed E-state index contributed by atoms with van der Waals surface area (Å²) < 4.78 is 39.2. The zero-order chi connectivity index (χ0) is 20.0. The number of benzene rings is 2. The fraction of sp³-hybridized carbons (Fsp3) is 0.316. The Morgan fingerprint density at radius 2 is 1.70 bits per heavy atom. The van der Waals surface area contributed by atoms with Gasteiger partial charge in [-0.05, 0) is 56.3 Å². The van der Waals surface area contributed by atoms with Crippen molar-refractivity contribution in [3.05, 3.63) is 53.1 Å². The average molecular weight is 400 g/mol. The van der Waals surface area contributed by atoms with Crippen molar-refractivity contribution in [2.24, 2.45) is 0 Å². The molecule has 0 atom stereocenters. The Morgan fingerprint density at radius 1 is 1.07 bits per heavy atom. The Morgan fingerprint density at radius 3 is 2.26 bits per heavy atom. The number of carbonyl (C=O) groups excluding carboxylic acids is 1. The van der Waals surface area contributed by atoms with Crippen LogP contribution in [0.3, 0.4) is 0 Å². The predicted octanol–water partition coefficient (Wildman–Crippen LogP) is 5.26. The van der Waals surface area contributed by atoms with Crippen LogP contribution in [-0.2, 0) is 11.0 Å². The summed E-state index contributed by atoms with van der Waals surface area (Å²) in [5.74, 6) is -0.450. The van der Waals surface area contributed by atoms with Crippen molar-refractivity contribution in [1.29, 1.82) is 0 Å². The highest BCUT2D eigenvalue weighted by molar-refractivity contribution is 6.30. The van der Waals surface area contributed by atoms with Gasteiger partial charge < -0.3 is 15.5 Å². The van der Waals surface area contributed by atoms with E-state index in [4.69, 9.17) is 11.6 Å². The molecule has 0 aliphatic carbocycles. The van der Waals surface area contributed by atoms with Gasteiger partial charge in [0.15, 0.2) is 0 Å². The van der Waals surface area contributed by atoms with E-state index in [2.05, 4.69) is 29.4 Å². The van der Waals surface area contributed by atoms with Gasteiger partial charge in [-0.2, -0.15) is 13.2 Å². The maximum Gasteiger partial charge on any atom is 0.418 e. The minimum Gasteiger partial charge on any atom is -0.376 e. The van der Waals surface area contributed by atoms with E-state index in [0.717, 1.165) is 24.8 Å². The fourth-order valence-electron chi connectivity index (χ4n) is 2.63. The fourth-order valence-corrected chi connectivity index (χ4v) is 2.80. The molecule has 0 aliphatic heterocycles. The lowest BCUT2D eigenvalue weighted by Gasteiger charge is -2.21. The Kier molecular flexibility index (Phi) is 6.96. The first-order valence-corrected chi connectivity index (χ1v) is 8.87. The zero-order valence-electron chi connectivity index (χ0n) is 15.0. The molecular weight excluding hydrogens is 379 g/mol. The first kappa shape index (κ1) is 20.9. The molecule has 2 aromatic carbocycles. The van der Waals surface area contributed by atoms with Crippen LogP contribution < -0.4 is 15.5 Å². The van der Waals surface area contributed by atoms with Gasteiger partial charge in [0.2, 0.25) is 5.91 Å². The minimum absolute atomic E-state index is 0.0226. The van der Waals surface area contributed by atoms with E-state index in [1.807, 2.05) is 12.1 Å². The van der Waals surface area contributed by atoms with Crippen molar-refractivity contribution in [2.45, 2.75) is 20.0 Å². The van der Waals surface area contributed by atoms with Crippen LogP contribution in [0.2, 0.25) is 5.02 Å². The molecule has 2 aromatic rings. The number of hydrogen-bond donors (Lipinski definition) is 2. The highest BCUT2D eigenvalue weighted by Crippen LogP contribution is 2.36. The lowest BCUT2D eigenvalue weighted by atomic mass is 10.1. The molecule has 0 aliphatic rings. The van der Waals surface area contributed by atoms with Crippen LogP contribution in [0, 0.1) is 0 Å². The second-order valence-electron chi connectivity index (χ2n) is 5.81. The molecule has 0 fully saturated rings. The zero-order valence-corrected chi connectivity index (χ0v) is 15.8. The maximum absolute atomic E-state index is 13.1. The van der Waals surface area contributed by atoms with Gasteiger partial charge in [-0.15, -0.1) is 0 Å². The standard InChI is InChI=1S/C19H21ClF3N3O/c1-3-26(4-2)15-8-6-14(7-9-15)25-18(27)12-24-17-10-5-13(20)11-16(17)19(21,22)23/h5-11,24H,3-4,12H2,1-2H3,(H,25,27). The number of anilines is 3. The van der Waals surface area contributed by atoms with Gasteiger partial charge in [0.25, 0.3) is 0 Å². The number of nitrogens with zero attached hydrogens (tertiary/aromatic N) is 1. The summed E-state index contributed by atoms with van der Waals surface area (Å²) in [6.45, 7) is 5.54. The van der Waals surface area contributed by atoms with Gasteiger partial charge in [-0.3, -0.25) is 4.79 Å². The van der Waals surface area contributed by atoms with Crippen molar-refractivity contribution in [2.75, 3.05) is 35.2 Å². The van der Waals surface area contributed by atoms with E-state index in [1.165, 1.54) is 12.1 Å². The van der Waals surface area contributed by atoms with Crippen molar-refractivity contribution in [3.63, 3.8) is 0 Å². The molecule has 4 nitrogen and oxygen atoms in total. The molecule has 0 aromatic heterocycles. The van der Waals surface area contributed by atoms with Gasteiger partial charge >= 0.3 is 6.18 Å². The SMILES string of the molecule is CCN(CC)c1ccc(NC(=O)CNc2ccc(Cl)cc2C(F)(F)F)cc1. The Bertz CT molecular complexity index is 775. The molecular formula is C19H21ClF3N3O. The molecule has 1 amide bonds. The maximum atomic E-state index is 13.1. The highest BCUT2D eigenvalue weighted by atomic mass is 35.5. The number of nitrogens with one attached hydrogen (secondary N) is 2. The van der Waals surface area contributed by atoms with E-state index >= 15 is 0 Å². The van der Waals surface area contributed by atoms with E-state index in [1.54, 1.807) is 12.1 Å².